The number of nitrogens with zero attached hydrogens (tertiary/aromatic N) is 5. The average molecular weight is 886 g/mol. The molecule has 17 nitrogen and oxygen atoms in total. The molecule has 0 amide bonds. The molecule has 344 valence electrons. The molecule has 6 rings (SSSR count). The van der Waals surface area contributed by atoms with Crippen molar-refractivity contribution in [3.8, 4) is 10.6 Å². The number of anilines is 1. The summed E-state index contributed by atoms with van der Waals surface area (Å²) >= 11 is 1.52. The molecule has 7 unspecified atom stereocenters. The Bertz CT molecular complexity index is 1960. The summed E-state index contributed by atoms with van der Waals surface area (Å²) in [5.74, 6) is -4.75. The molecular formula is C44H65N6O11S-. The lowest BCUT2D eigenvalue weighted by atomic mass is 9.72. The number of nitrogens with two attached hydrogens (primary N) is 1. The number of ketones is 1. The van der Waals surface area contributed by atoms with Gasteiger partial charge in [-0.05, 0) is 97.7 Å². The zero-order valence-corrected chi connectivity index (χ0v) is 38.3. The van der Waals surface area contributed by atoms with Crippen molar-refractivity contribution in [2.45, 2.75) is 154 Å². The number of pyridine rings is 1. The molecular weight excluding hydrogens is 821 g/mol. The Kier molecular flexibility index (Phi) is 14.7. The maximum absolute atomic E-state index is 14.5. The number of ether oxygens (including phenoxy) is 5. The zero-order chi connectivity index (χ0) is 45.5. The molecule has 6 heterocycles. The van der Waals surface area contributed by atoms with Crippen LogP contribution < -0.4 is 5.73 Å². The minimum Gasteiger partial charge on any atom is -0.716 e. The van der Waals surface area contributed by atoms with Crippen LogP contribution in [0.4, 0.5) is 5.82 Å². The first-order chi connectivity index (χ1) is 29.1. The number of hydrogen-bond acceptors (Lipinski definition) is 18. The van der Waals surface area contributed by atoms with Gasteiger partial charge in [0.15, 0.2) is 18.3 Å². The molecule has 0 spiro atoms. The van der Waals surface area contributed by atoms with Gasteiger partial charge in [0.2, 0.25) is 0 Å². The summed E-state index contributed by atoms with van der Waals surface area (Å²) < 4.78 is 32.6. The van der Waals surface area contributed by atoms with Gasteiger partial charge < -0.3 is 49.7 Å². The van der Waals surface area contributed by atoms with Crippen LogP contribution in [0.3, 0.4) is 0 Å². The van der Waals surface area contributed by atoms with Crippen LogP contribution in [0.25, 0.3) is 10.6 Å². The van der Waals surface area contributed by atoms with Gasteiger partial charge in [-0.15, -0.1) is 11.3 Å². The number of aliphatic hydroxyl groups is 2. The van der Waals surface area contributed by atoms with Crippen LogP contribution >= 0.6 is 11.3 Å². The SMILES string of the molecule is CC[C@H]1OC(=O)C(C)C(=O)[C@H](C)[C@@H](O[C@@H]2OC(C)CC(N(C)C)[C@H]2O)[C@]2(C)OC2([C@@H](C)/C=N\N([O-])O)CC2=NC(OCc3ccc(-c4cccc(N)n4)s3)C(C)C(CC2)[C@]1(C)O. The minimum absolute atomic E-state index is 0.153. The number of cyclic esters (lactones) is 1. The fraction of sp³-hybridized carbons (Fsp3) is 0.705. The highest BCUT2D eigenvalue weighted by Crippen LogP contribution is 2.60. The molecule has 62 heavy (non-hydrogen) atoms. The second kappa shape index (κ2) is 19.0. The molecule has 4 aliphatic rings. The van der Waals surface area contributed by atoms with E-state index in [4.69, 9.17) is 34.4 Å². The largest absolute Gasteiger partial charge is 0.716 e. The number of rotatable bonds is 11. The smallest absolute Gasteiger partial charge is 0.316 e. The van der Waals surface area contributed by atoms with Crippen molar-refractivity contribution in [2.24, 2.45) is 39.7 Å². The van der Waals surface area contributed by atoms with Crippen molar-refractivity contribution < 1.29 is 48.7 Å². The van der Waals surface area contributed by atoms with E-state index < -0.39 is 94.3 Å². The molecule has 2 aromatic heterocycles. The van der Waals surface area contributed by atoms with E-state index in [1.54, 1.807) is 33.8 Å². The fourth-order valence-corrected chi connectivity index (χ4v) is 11.0. The van der Waals surface area contributed by atoms with Crippen LogP contribution in [0.5, 0.6) is 0 Å². The molecule has 3 fully saturated rings. The Morgan fingerprint density at radius 1 is 1.16 bits per heavy atom. The Balaban J connectivity index is 1.44. The average Bonchev–Trinajstić information content (AvgIpc) is 3.61. The summed E-state index contributed by atoms with van der Waals surface area (Å²) in [6.07, 6.45) is -2.42. The lowest BCUT2D eigenvalue weighted by Crippen LogP contribution is -2.58. The van der Waals surface area contributed by atoms with Gasteiger partial charge in [-0.3, -0.25) is 19.8 Å². The van der Waals surface area contributed by atoms with Gasteiger partial charge in [-0.2, -0.15) is 5.10 Å². The second-order valence-corrected chi connectivity index (χ2v) is 19.5. The van der Waals surface area contributed by atoms with Crippen LogP contribution in [-0.4, -0.2) is 128 Å². The van der Waals surface area contributed by atoms with Gasteiger partial charge in [0.1, 0.15) is 46.9 Å². The highest BCUT2D eigenvalue weighted by Gasteiger charge is 2.74. The molecule has 0 saturated carbocycles. The van der Waals surface area contributed by atoms with Crippen LogP contribution in [-0.2, 0) is 39.9 Å². The maximum Gasteiger partial charge on any atom is 0.316 e. The van der Waals surface area contributed by atoms with E-state index in [2.05, 4.69) is 10.1 Å². The number of esters is 1. The van der Waals surface area contributed by atoms with Gasteiger partial charge in [0, 0.05) is 47.0 Å². The summed E-state index contributed by atoms with van der Waals surface area (Å²) in [4.78, 5) is 42.0. The molecule has 3 saturated heterocycles. The Hall–Kier alpha value is -3.43. The number of Topliss-reactive ketones (excluding diaryl/α,β-unsaturated/α-hetero) is 1. The number of carbonyl (C=O) groups is 2. The van der Waals surface area contributed by atoms with Crippen molar-refractivity contribution in [2.75, 3.05) is 19.8 Å². The minimum atomic E-state index is -1.57. The number of epoxide rings is 1. The topological polar surface area (TPSA) is 237 Å². The molecule has 18 heteroatoms. The number of aliphatic hydroxyl groups excluding tert-OH is 1. The van der Waals surface area contributed by atoms with Gasteiger partial charge >= 0.3 is 5.97 Å². The van der Waals surface area contributed by atoms with Crippen molar-refractivity contribution in [1.82, 2.24) is 15.2 Å². The highest BCUT2D eigenvalue weighted by molar-refractivity contribution is 7.15. The second-order valence-electron chi connectivity index (χ2n) is 18.3. The van der Waals surface area contributed by atoms with Crippen LogP contribution in [0.1, 0.15) is 92.4 Å². The molecule has 4 aliphatic heterocycles. The molecule has 0 aromatic carbocycles. The Labute approximate surface area is 368 Å². The molecule has 0 radical (unpaired) electrons. The third kappa shape index (κ3) is 9.65. The van der Waals surface area contributed by atoms with Crippen molar-refractivity contribution in [3.63, 3.8) is 0 Å². The molecule has 15 atom stereocenters. The van der Waals surface area contributed by atoms with Crippen molar-refractivity contribution in [1.29, 1.82) is 0 Å². The van der Waals surface area contributed by atoms with E-state index in [9.17, 15) is 30.2 Å². The predicted octanol–water partition coefficient (Wildman–Crippen LogP) is 5.19. The summed E-state index contributed by atoms with van der Waals surface area (Å²) in [6.45, 7) is 14.2. The van der Waals surface area contributed by atoms with Gasteiger partial charge in [-0.1, -0.05) is 33.8 Å². The monoisotopic (exact) mass is 885 g/mol. The maximum atomic E-state index is 14.5. The van der Waals surface area contributed by atoms with Gasteiger partial charge in [0.05, 0.1) is 23.3 Å². The van der Waals surface area contributed by atoms with Crippen molar-refractivity contribution >= 4 is 40.8 Å². The number of thiophene rings is 1. The van der Waals surface area contributed by atoms with Crippen LogP contribution in [0, 0.1) is 34.8 Å². The number of hydrogen-bond donors (Lipinski definition) is 4. The number of aromatic nitrogens is 1. The lowest BCUT2D eigenvalue weighted by molar-refractivity contribution is -0.278. The number of nitrogen functional groups attached to an aromatic ring is 1. The van der Waals surface area contributed by atoms with Gasteiger partial charge in [0.25, 0.3) is 0 Å². The zero-order valence-electron chi connectivity index (χ0n) is 37.5. The van der Waals surface area contributed by atoms with E-state index in [0.29, 0.717) is 30.8 Å². The third-order valence-corrected chi connectivity index (χ3v) is 14.9. The lowest BCUT2D eigenvalue weighted by Gasteiger charge is -2.43. The summed E-state index contributed by atoms with van der Waals surface area (Å²) in [5, 5.41) is 48.5. The number of fused-ring (bicyclic) bond motifs is 4. The van der Waals surface area contributed by atoms with E-state index in [-0.39, 0.29) is 31.6 Å². The first kappa shape index (κ1) is 48.0. The van der Waals surface area contributed by atoms with E-state index in [1.165, 1.54) is 24.5 Å². The Morgan fingerprint density at radius 3 is 2.55 bits per heavy atom. The molecule has 0 aliphatic carbocycles. The normalized spacial score (nSPS) is 38.8. The standard InChI is InChI=1S/C44H65N6O11S/c1-11-34-42(7,54)30-17-15-28(47-39(25(30)4)57-22-29-16-18-33(62-29)31-13-12-14-35(45)48-31)20-44(23(2)21-46-50(55)56)43(8,61-44)38(26(5)36(51)27(6)40(53)59-34)60-41-37(52)32(49(9)10)19-24(3)58-41/h12-14,16,18,21,23-27,30,32,34,37-39,41,52,54-55H,11,15,17,19-20,22H2,1-10H3,(H2,45,48)/q-1/b46-21-/t23-,24?,25?,26-,27?,30?,32?,34+,37+,38+,39?,41-,42-,43-,44?/m0/s1. The highest BCUT2D eigenvalue weighted by atomic mass is 32.1. The van der Waals surface area contributed by atoms with Crippen LogP contribution in [0.15, 0.2) is 40.4 Å². The first-order valence-corrected chi connectivity index (χ1v) is 22.5. The molecule has 2 aromatic rings. The fourth-order valence-electron chi connectivity index (χ4n) is 10.1. The molecule has 5 N–H and O–H groups in total. The van der Waals surface area contributed by atoms with Gasteiger partial charge in [-0.25, -0.2) is 10.3 Å². The number of hydrazone groups is 1. The number of aliphatic imine (C=N–C) groups is 1. The quantitative estimate of drug-likeness (QED) is 0.0747. The van der Waals surface area contributed by atoms with Crippen molar-refractivity contribution in [3.05, 3.63) is 40.4 Å². The van der Waals surface area contributed by atoms with E-state index in [0.717, 1.165) is 15.4 Å². The number of carbonyl (C=O) groups excluding carboxylic acids is 2. The van der Waals surface area contributed by atoms with E-state index in [1.807, 2.05) is 64.0 Å². The summed E-state index contributed by atoms with van der Waals surface area (Å²) in [7, 11) is 3.72. The summed E-state index contributed by atoms with van der Waals surface area (Å²) in [6, 6.07) is 9.07. The summed E-state index contributed by atoms with van der Waals surface area (Å²) in [5.41, 5.74) is 3.23. The Morgan fingerprint density at radius 2 is 1.89 bits per heavy atom. The van der Waals surface area contributed by atoms with Crippen LogP contribution in [0.2, 0.25) is 0 Å². The van der Waals surface area contributed by atoms with E-state index >= 15 is 0 Å². The number of likely N-dealkylation sites (N-methyl/N-ethyl adjacent to an activating group) is 1. The third-order valence-electron chi connectivity index (χ3n) is 13.8. The predicted molar refractivity (Wildman–Crippen MR) is 233 cm³/mol. The molecule has 2 bridgehead atoms. The first-order valence-electron chi connectivity index (χ1n) is 21.6.